The average Bonchev–Trinajstić information content (AvgIpc) is 2.45. The summed E-state index contributed by atoms with van der Waals surface area (Å²) in [6.07, 6.45) is 0.798. The standard InChI is InChI=1S/C16H20ClN3O/c1-6-12-13(8-7-10(4)18-12)21-16-11(5)14(17)19-15(20-16)9(2)3/h7-9H,6H2,1-5H3. The van der Waals surface area contributed by atoms with E-state index in [-0.39, 0.29) is 5.92 Å². The Balaban J connectivity index is 2.44. The van der Waals surface area contributed by atoms with Gasteiger partial charge in [0.2, 0.25) is 5.88 Å². The third-order valence-corrected chi connectivity index (χ3v) is 3.56. The van der Waals surface area contributed by atoms with Crippen molar-refractivity contribution in [1.29, 1.82) is 0 Å². The van der Waals surface area contributed by atoms with Crippen LogP contribution in [0.4, 0.5) is 0 Å². The lowest BCUT2D eigenvalue weighted by Crippen LogP contribution is -2.04. The van der Waals surface area contributed by atoms with E-state index in [2.05, 4.69) is 15.0 Å². The maximum Gasteiger partial charge on any atom is 0.227 e. The van der Waals surface area contributed by atoms with Crippen molar-refractivity contribution in [2.24, 2.45) is 0 Å². The molecule has 0 aliphatic carbocycles. The fourth-order valence-corrected chi connectivity index (χ4v) is 2.06. The third kappa shape index (κ3) is 3.50. The van der Waals surface area contributed by atoms with Crippen molar-refractivity contribution in [2.75, 3.05) is 0 Å². The van der Waals surface area contributed by atoms with Crippen LogP contribution < -0.4 is 4.74 Å². The third-order valence-electron chi connectivity index (χ3n) is 3.19. The summed E-state index contributed by atoms with van der Waals surface area (Å²) in [5.74, 6) is 2.08. The number of hydrogen-bond donors (Lipinski definition) is 0. The molecule has 0 spiro atoms. The van der Waals surface area contributed by atoms with E-state index in [9.17, 15) is 0 Å². The minimum atomic E-state index is 0.187. The quantitative estimate of drug-likeness (QED) is 0.773. The second-order valence-electron chi connectivity index (χ2n) is 5.31. The number of aryl methyl sites for hydroxylation is 2. The van der Waals surface area contributed by atoms with Crippen LogP contribution in [0.2, 0.25) is 5.15 Å². The molecule has 0 N–H and O–H groups in total. The Bertz CT molecular complexity index is 656. The summed E-state index contributed by atoms with van der Waals surface area (Å²) < 4.78 is 5.96. The van der Waals surface area contributed by atoms with Crippen LogP contribution in [-0.2, 0) is 6.42 Å². The van der Waals surface area contributed by atoms with Crippen LogP contribution in [0, 0.1) is 13.8 Å². The summed E-state index contributed by atoms with van der Waals surface area (Å²) in [4.78, 5) is 13.3. The molecule has 2 heterocycles. The molecule has 21 heavy (non-hydrogen) atoms. The number of ether oxygens (including phenoxy) is 1. The molecule has 0 aliphatic rings. The second-order valence-corrected chi connectivity index (χ2v) is 5.67. The molecule has 0 aliphatic heterocycles. The summed E-state index contributed by atoms with van der Waals surface area (Å²) in [6, 6.07) is 3.85. The maximum atomic E-state index is 6.18. The van der Waals surface area contributed by atoms with E-state index < -0.39 is 0 Å². The minimum Gasteiger partial charge on any atom is -0.437 e. The Morgan fingerprint density at radius 2 is 1.86 bits per heavy atom. The van der Waals surface area contributed by atoms with Gasteiger partial charge in [0, 0.05) is 17.2 Å². The Labute approximate surface area is 130 Å². The van der Waals surface area contributed by atoms with Crippen LogP contribution in [0.25, 0.3) is 0 Å². The van der Waals surface area contributed by atoms with Gasteiger partial charge in [-0.3, -0.25) is 4.98 Å². The molecule has 2 aromatic rings. The highest BCUT2D eigenvalue weighted by atomic mass is 35.5. The van der Waals surface area contributed by atoms with Gasteiger partial charge in [0.1, 0.15) is 11.0 Å². The molecule has 0 fully saturated rings. The lowest BCUT2D eigenvalue weighted by atomic mass is 10.2. The molecule has 2 aromatic heterocycles. The maximum absolute atomic E-state index is 6.18. The predicted molar refractivity (Wildman–Crippen MR) is 84.3 cm³/mol. The van der Waals surface area contributed by atoms with Gasteiger partial charge in [0.25, 0.3) is 0 Å². The van der Waals surface area contributed by atoms with Gasteiger partial charge in [-0.25, -0.2) is 4.98 Å². The zero-order valence-electron chi connectivity index (χ0n) is 13.1. The second kappa shape index (κ2) is 6.39. The summed E-state index contributed by atoms with van der Waals surface area (Å²) in [5.41, 5.74) is 2.62. The molecule has 0 unspecified atom stereocenters. The van der Waals surface area contributed by atoms with E-state index >= 15 is 0 Å². The molecule has 5 heteroatoms. The number of aromatic nitrogens is 3. The number of pyridine rings is 1. The molecule has 0 saturated heterocycles. The van der Waals surface area contributed by atoms with Crippen LogP contribution in [0.3, 0.4) is 0 Å². The van der Waals surface area contributed by atoms with Crippen molar-refractivity contribution in [3.63, 3.8) is 0 Å². The topological polar surface area (TPSA) is 47.9 Å². The van der Waals surface area contributed by atoms with Gasteiger partial charge < -0.3 is 4.74 Å². The van der Waals surface area contributed by atoms with Gasteiger partial charge >= 0.3 is 0 Å². The molecule has 0 atom stereocenters. The Morgan fingerprint density at radius 3 is 2.48 bits per heavy atom. The van der Waals surface area contributed by atoms with Gasteiger partial charge in [0.15, 0.2) is 5.75 Å². The smallest absolute Gasteiger partial charge is 0.227 e. The fraction of sp³-hybridized carbons (Fsp3) is 0.438. The van der Waals surface area contributed by atoms with Crippen LogP contribution in [0.15, 0.2) is 12.1 Å². The first-order chi connectivity index (χ1) is 9.92. The molecule has 0 aromatic carbocycles. The Hall–Kier alpha value is -1.68. The van der Waals surface area contributed by atoms with Crippen LogP contribution in [0.5, 0.6) is 11.6 Å². The molecular formula is C16H20ClN3O. The summed E-state index contributed by atoms with van der Waals surface area (Å²) in [7, 11) is 0. The monoisotopic (exact) mass is 305 g/mol. The lowest BCUT2D eigenvalue weighted by Gasteiger charge is -2.14. The highest BCUT2D eigenvalue weighted by Crippen LogP contribution is 2.30. The molecule has 2 rings (SSSR count). The van der Waals surface area contributed by atoms with Gasteiger partial charge in [-0.2, -0.15) is 4.98 Å². The Kier molecular flexibility index (Phi) is 4.78. The molecule has 0 radical (unpaired) electrons. The van der Waals surface area contributed by atoms with E-state index in [1.807, 2.05) is 46.8 Å². The summed E-state index contributed by atoms with van der Waals surface area (Å²) in [6.45, 7) is 9.92. The number of rotatable bonds is 4. The summed E-state index contributed by atoms with van der Waals surface area (Å²) in [5, 5.41) is 0.432. The minimum absolute atomic E-state index is 0.187. The van der Waals surface area contributed by atoms with Crippen LogP contribution in [0.1, 0.15) is 49.5 Å². The number of nitrogens with zero attached hydrogens (tertiary/aromatic N) is 3. The molecule has 0 amide bonds. The van der Waals surface area contributed by atoms with E-state index in [4.69, 9.17) is 16.3 Å². The van der Waals surface area contributed by atoms with Crippen molar-refractivity contribution < 1.29 is 4.74 Å². The highest BCUT2D eigenvalue weighted by molar-refractivity contribution is 6.30. The summed E-state index contributed by atoms with van der Waals surface area (Å²) >= 11 is 6.18. The van der Waals surface area contributed by atoms with E-state index in [0.717, 1.165) is 29.1 Å². The van der Waals surface area contributed by atoms with Gasteiger partial charge in [0.05, 0.1) is 5.69 Å². The molecule has 0 bridgehead atoms. The number of hydrogen-bond acceptors (Lipinski definition) is 4. The van der Waals surface area contributed by atoms with Crippen LogP contribution >= 0.6 is 11.6 Å². The van der Waals surface area contributed by atoms with Gasteiger partial charge in [-0.05, 0) is 32.4 Å². The Morgan fingerprint density at radius 1 is 1.14 bits per heavy atom. The zero-order valence-corrected chi connectivity index (χ0v) is 13.8. The first-order valence-electron chi connectivity index (χ1n) is 7.10. The largest absolute Gasteiger partial charge is 0.437 e. The van der Waals surface area contributed by atoms with Gasteiger partial charge in [-0.1, -0.05) is 32.4 Å². The van der Waals surface area contributed by atoms with Crippen molar-refractivity contribution >= 4 is 11.6 Å². The van der Waals surface area contributed by atoms with E-state index in [1.54, 1.807) is 0 Å². The zero-order chi connectivity index (χ0) is 15.6. The van der Waals surface area contributed by atoms with Crippen molar-refractivity contribution in [2.45, 2.75) is 47.0 Å². The molecule has 4 nitrogen and oxygen atoms in total. The molecular weight excluding hydrogens is 286 g/mol. The van der Waals surface area contributed by atoms with Crippen molar-refractivity contribution in [3.8, 4) is 11.6 Å². The van der Waals surface area contributed by atoms with Gasteiger partial charge in [-0.15, -0.1) is 0 Å². The fourth-order valence-electron chi connectivity index (χ4n) is 1.89. The number of halogens is 1. The molecule has 112 valence electrons. The highest BCUT2D eigenvalue weighted by Gasteiger charge is 2.15. The first kappa shape index (κ1) is 15.7. The predicted octanol–water partition coefficient (Wildman–Crippen LogP) is 4.62. The SMILES string of the molecule is CCc1nc(C)ccc1Oc1nc(C(C)C)nc(Cl)c1C. The lowest BCUT2D eigenvalue weighted by molar-refractivity contribution is 0.444. The van der Waals surface area contributed by atoms with Crippen molar-refractivity contribution in [1.82, 2.24) is 15.0 Å². The average molecular weight is 306 g/mol. The van der Waals surface area contributed by atoms with E-state index in [0.29, 0.717) is 16.9 Å². The van der Waals surface area contributed by atoms with Crippen LogP contribution in [-0.4, -0.2) is 15.0 Å². The van der Waals surface area contributed by atoms with E-state index in [1.165, 1.54) is 0 Å². The normalized spacial score (nSPS) is 11.0. The first-order valence-corrected chi connectivity index (χ1v) is 7.48. The molecule has 0 saturated carbocycles. The van der Waals surface area contributed by atoms with Crippen molar-refractivity contribution in [3.05, 3.63) is 40.1 Å².